The van der Waals surface area contributed by atoms with E-state index < -0.39 is 0 Å². The number of nitrogens with two attached hydrogens (primary N) is 1. The molecule has 0 saturated carbocycles. The summed E-state index contributed by atoms with van der Waals surface area (Å²) in [6.45, 7) is 3.51. The normalized spacial score (nSPS) is 17.1. The number of nitrogens with one attached hydrogen (secondary N) is 1. The first-order chi connectivity index (χ1) is 9.08. The van der Waals surface area contributed by atoms with Gasteiger partial charge in [-0.3, -0.25) is 4.79 Å². The molecule has 5 nitrogen and oxygen atoms in total. The van der Waals surface area contributed by atoms with Crippen LogP contribution in [0.3, 0.4) is 0 Å². The fraction of sp³-hybridized carbons (Fsp3) is 0.538. The lowest BCUT2D eigenvalue weighted by Gasteiger charge is -2.29. The van der Waals surface area contributed by atoms with E-state index in [4.69, 9.17) is 17.3 Å². The summed E-state index contributed by atoms with van der Waals surface area (Å²) in [5, 5.41) is 3.53. The highest BCUT2D eigenvalue weighted by Gasteiger charge is 2.22. The minimum Gasteiger partial charge on any atom is -0.396 e. The molecule has 6 heteroatoms. The minimum atomic E-state index is -0.339. The third kappa shape index (κ3) is 3.50. The van der Waals surface area contributed by atoms with Crippen molar-refractivity contribution in [3.63, 3.8) is 0 Å². The zero-order valence-electron chi connectivity index (χ0n) is 11.0. The topological polar surface area (TPSA) is 71.2 Å². The van der Waals surface area contributed by atoms with Crippen LogP contribution in [0.15, 0.2) is 12.3 Å². The summed E-state index contributed by atoms with van der Waals surface area (Å²) in [5.74, 6) is 0.595. The number of nitrogens with zero attached hydrogens (tertiary/aromatic N) is 2. The molecule has 0 aliphatic carbocycles. The van der Waals surface area contributed by atoms with Crippen molar-refractivity contribution in [1.29, 1.82) is 0 Å². The van der Waals surface area contributed by atoms with Crippen molar-refractivity contribution in [3.05, 3.63) is 17.3 Å². The largest absolute Gasteiger partial charge is 0.396 e. The van der Waals surface area contributed by atoms with Crippen LogP contribution in [0.4, 0.5) is 11.5 Å². The summed E-state index contributed by atoms with van der Waals surface area (Å²) in [7, 11) is 0. The number of carbonyl (C=O) groups is 1. The summed E-state index contributed by atoms with van der Waals surface area (Å²) in [4.78, 5) is 18.3. The Morgan fingerprint density at radius 3 is 2.79 bits per heavy atom. The molecule has 19 heavy (non-hydrogen) atoms. The maximum atomic E-state index is 12.2. The van der Waals surface area contributed by atoms with E-state index in [0.29, 0.717) is 16.5 Å². The lowest BCUT2D eigenvalue weighted by molar-refractivity contribution is -0.132. The zero-order valence-corrected chi connectivity index (χ0v) is 11.8. The predicted octanol–water partition coefficient (Wildman–Crippen LogP) is 2.13. The smallest absolute Gasteiger partial charge is 0.244 e. The Hall–Kier alpha value is -1.49. The molecule has 1 aliphatic rings. The Kier molecular flexibility index (Phi) is 4.47. The molecule has 2 heterocycles. The van der Waals surface area contributed by atoms with Gasteiger partial charge in [-0.15, -0.1) is 0 Å². The van der Waals surface area contributed by atoms with E-state index in [2.05, 4.69) is 10.3 Å². The number of piperidine rings is 1. The number of amides is 1. The second-order valence-corrected chi connectivity index (χ2v) is 5.28. The summed E-state index contributed by atoms with van der Waals surface area (Å²) in [5.41, 5.74) is 6.26. The van der Waals surface area contributed by atoms with E-state index >= 15 is 0 Å². The fourth-order valence-electron chi connectivity index (χ4n) is 2.23. The zero-order chi connectivity index (χ0) is 13.8. The highest BCUT2D eigenvalue weighted by Crippen LogP contribution is 2.20. The number of aromatic nitrogens is 1. The van der Waals surface area contributed by atoms with Gasteiger partial charge in [-0.25, -0.2) is 4.98 Å². The Morgan fingerprint density at radius 1 is 1.47 bits per heavy atom. The average Bonchev–Trinajstić information content (AvgIpc) is 2.42. The molecular weight excluding hydrogens is 264 g/mol. The number of rotatable bonds is 3. The molecule has 2 rings (SSSR count). The Morgan fingerprint density at radius 2 is 2.16 bits per heavy atom. The second kappa shape index (κ2) is 6.10. The third-order valence-electron chi connectivity index (χ3n) is 3.28. The quantitative estimate of drug-likeness (QED) is 0.891. The molecule has 0 radical (unpaired) electrons. The van der Waals surface area contributed by atoms with Crippen molar-refractivity contribution < 1.29 is 4.79 Å². The monoisotopic (exact) mass is 282 g/mol. The van der Waals surface area contributed by atoms with Gasteiger partial charge in [0.15, 0.2) is 0 Å². The van der Waals surface area contributed by atoms with Crippen molar-refractivity contribution in [2.45, 2.75) is 32.2 Å². The van der Waals surface area contributed by atoms with Gasteiger partial charge in [0.1, 0.15) is 11.9 Å². The van der Waals surface area contributed by atoms with Crippen LogP contribution in [0.1, 0.15) is 26.2 Å². The molecule has 0 spiro atoms. The minimum absolute atomic E-state index is 0.0934. The number of nitrogen functional groups attached to an aromatic ring is 1. The van der Waals surface area contributed by atoms with Crippen LogP contribution in [0.5, 0.6) is 0 Å². The molecule has 0 bridgehead atoms. The van der Waals surface area contributed by atoms with Gasteiger partial charge in [0, 0.05) is 19.3 Å². The van der Waals surface area contributed by atoms with Crippen LogP contribution >= 0.6 is 11.6 Å². The maximum Gasteiger partial charge on any atom is 0.244 e. The molecule has 1 aliphatic heterocycles. The Labute approximate surface area is 118 Å². The molecule has 104 valence electrons. The van der Waals surface area contributed by atoms with E-state index in [0.717, 1.165) is 25.9 Å². The van der Waals surface area contributed by atoms with Crippen molar-refractivity contribution >= 4 is 29.0 Å². The molecule has 1 fully saturated rings. The number of pyridine rings is 1. The summed E-state index contributed by atoms with van der Waals surface area (Å²) in [6, 6.07) is 1.28. The predicted molar refractivity (Wildman–Crippen MR) is 77.2 cm³/mol. The SMILES string of the molecule is CC(Nc1ncc(Cl)cc1N)C(=O)N1CCCCC1. The number of carbonyl (C=O) groups excluding carboxylic acids is 1. The van der Waals surface area contributed by atoms with Crippen LogP contribution in [-0.4, -0.2) is 34.9 Å². The molecule has 1 aromatic rings. The molecule has 1 atom stereocenters. The van der Waals surface area contributed by atoms with Gasteiger partial charge in [-0.2, -0.15) is 0 Å². The van der Waals surface area contributed by atoms with E-state index in [1.54, 1.807) is 6.07 Å². The average molecular weight is 283 g/mol. The van der Waals surface area contributed by atoms with E-state index in [1.165, 1.54) is 12.6 Å². The van der Waals surface area contributed by atoms with Crippen LogP contribution in [-0.2, 0) is 4.79 Å². The van der Waals surface area contributed by atoms with Crippen molar-refractivity contribution in [3.8, 4) is 0 Å². The van der Waals surface area contributed by atoms with Crippen molar-refractivity contribution in [1.82, 2.24) is 9.88 Å². The summed E-state index contributed by atoms with van der Waals surface area (Å²) >= 11 is 5.79. The molecule has 3 N–H and O–H groups in total. The van der Waals surface area contributed by atoms with Crippen LogP contribution in [0.25, 0.3) is 0 Å². The molecule has 1 amide bonds. The third-order valence-corrected chi connectivity index (χ3v) is 3.48. The van der Waals surface area contributed by atoms with E-state index in [1.807, 2.05) is 11.8 Å². The van der Waals surface area contributed by atoms with Gasteiger partial charge in [-0.05, 0) is 32.3 Å². The lowest BCUT2D eigenvalue weighted by Crippen LogP contribution is -2.44. The second-order valence-electron chi connectivity index (χ2n) is 4.84. The Balaban J connectivity index is 1.99. The van der Waals surface area contributed by atoms with E-state index in [9.17, 15) is 4.79 Å². The first kappa shape index (κ1) is 13.9. The number of halogens is 1. The molecule has 1 unspecified atom stereocenters. The highest BCUT2D eigenvalue weighted by molar-refractivity contribution is 6.30. The van der Waals surface area contributed by atoms with Gasteiger partial charge < -0.3 is 16.0 Å². The molecular formula is C13H19ClN4O. The van der Waals surface area contributed by atoms with Gasteiger partial charge in [0.05, 0.1) is 10.7 Å². The van der Waals surface area contributed by atoms with Gasteiger partial charge >= 0.3 is 0 Å². The van der Waals surface area contributed by atoms with Crippen LogP contribution < -0.4 is 11.1 Å². The maximum absolute atomic E-state index is 12.2. The summed E-state index contributed by atoms with van der Waals surface area (Å²) < 4.78 is 0. The van der Waals surface area contributed by atoms with Crippen molar-refractivity contribution in [2.75, 3.05) is 24.1 Å². The molecule has 0 aromatic carbocycles. The first-order valence-electron chi connectivity index (χ1n) is 6.54. The molecule has 1 aromatic heterocycles. The number of anilines is 2. The van der Waals surface area contributed by atoms with E-state index in [-0.39, 0.29) is 11.9 Å². The first-order valence-corrected chi connectivity index (χ1v) is 6.92. The Bertz CT molecular complexity index is 460. The van der Waals surface area contributed by atoms with Gasteiger partial charge in [0.2, 0.25) is 5.91 Å². The number of hydrogen-bond donors (Lipinski definition) is 2. The standard InChI is InChI=1S/C13H19ClN4O/c1-9(13(19)18-5-3-2-4-6-18)17-12-11(15)7-10(14)8-16-12/h7-9H,2-6,15H2,1H3,(H,16,17). The summed E-state index contributed by atoms with van der Waals surface area (Å²) in [6.07, 6.45) is 4.88. The highest BCUT2D eigenvalue weighted by atomic mass is 35.5. The van der Waals surface area contributed by atoms with Gasteiger partial charge in [-0.1, -0.05) is 11.6 Å². The molecule has 1 saturated heterocycles. The fourth-order valence-corrected chi connectivity index (χ4v) is 2.40. The number of hydrogen-bond acceptors (Lipinski definition) is 4. The van der Waals surface area contributed by atoms with Crippen LogP contribution in [0, 0.1) is 0 Å². The lowest BCUT2D eigenvalue weighted by atomic mass is 10.1. The van der Waals surface area contributed by atoms with Crippen molar-refractivity contribution in [2.24, 2.45) is 0 Å². The number of likely N-dealkylation sites (tertiary alicyclic amines) is 1. The van der Waals surface area contributed by atoms with Crippen LogP contribution in [0.2, 0.25) is 5.02 Å². The van der Waals surface area contributed by atoms with Gasteiger partial charge in [0.25, 0.3) is 0 Å².